The summed E-state index contributed by atoms with van der Waals surface area (Å²) in [6.07, 6.45) is 2.40. The second kappa shape index (κ2) is 5.85. The molecule has 0 unspecified atom stereocenters. The third-order valence-electron chi connectivity index (χ3n) is 3.43. The molecule has 6 heteroatoms. The first-order valence-electron chi connectivity index (χ1n) is 6.96. The smallest absolute Gasteiger partial charge is 0.188 e. The summed E-state index contributed by atoms with van der Waals surface area (Å²) in [7, 11) is 0. The first kappa shape index (κ1) is 13.5. The largest absolute Gasteiger partial charge is 0.316 e. The molecule has 1 saturated heterocycles. The summed E-state index contributed by atoms with van der Waals surface area (Å²) in [5, 5.41) is 9.63. The number of anilines is 2. The summed E-state index contributed by atoms with van der Waals surface area (Å²) in [5.74, 6) is 2.14. The van der Waals surface area contributed by atoms with Crippen LogP contribution in [0.25, 0.3) is 0 Å². The predicted octanol–water partition coefficient (Wildman–Crippen LogP) is 2.76. The van der Waals surface area contributed by atoms with Crippen molar-refractivity contribution in [3.05, 3.63) is 28.7 Å². The lowest BCUT2D eigenvalue weighted by molar-refractivity contribution is 0.453. The van der Waals surface area contributed by atoms with Crippen LogP contribution in [-0.4, -0.2) is 28.0 Å². The number of rotatable bonds is 3. The average molecular weight is 289 g/mol. The topological polar surface area (TPSA) is 62.7 Å². The molecule has 0 spiro atoms. The van der Waals surface area contributed by atoms with Gasteiger partial charge in [-0.2, -0.15) is 0 Å². The molecule has 2 N–H and O–H groups in total. The summed E-state index contributed by atoms with van der Waals surface area (Å²) in [6, 6.07) is 2.06. The van der Waals surface area contributed by atoms with Crippen molar-refractivity contribution in [2.75, 3.05) is 18.4 Å². The van der Waals surface area contributed by atoms with Crippen molar-refractivity contribution in [3.63, 3.8) is 0 Å². The van der Waals surface area contributed by atoms with E-state index in [-0.39, 0.29) is 0 Å². The first-order chi connectivity index (χ1) is 9.70. The van der Waals surface area contributed by atoms with Crippen molar-refractivity contribution < 1.29 is 0 Å². The predicted molar refractivity (Wildman–Crippen MR) is 81.7 cm³/mol. The second-order valence-electron chi connectivity index (χ2n) is 5.19. The summed E-state index contributed by atoms with van der Waals surface area (Å²) >= 11 is 1.60. The standard InChI is InChI=1S/C14H19N5S/c1-9-8-20-14(16-9)19-13-6-12(17-10(2)18-13)11-4-3-5-15-7-11/h6,8,11,15H,3-5,7H2,1-2H3,(H,16,17,18,19)/t11-/m1/s1. The van der Waals surface area contributed by atoms with Crippen molar-refractivity contribution in [2.45, 2.75) is 32.6 Å². The Morgan fingerprint density at radius 1 is 1.30 bits per heavy atom. The minimum atomic E-state index is 0.490. The fraction of sp³-hybridized carbons (Fsp3) is 0.500. The molecule has 20 heavy (non-hydrogen) atoms. The minimum Gasteiger partial charge on any atom is -0.316 e. The molecule has 1 aliphatic heterocycles. The summed E-state index contributed by atoms with van der Waals surface area (Å²) in [5.41, 5.74) is 2.15. The Hall–Kier alpha value is -1.53. The van der Waals surface area contributed by atoms with Gasteiger partial charge in [-0.3, -0.25) is 0 Å². The van der Waals surface area contributed by atoms with Gasteiger partial charge in [0.2, 0.25) is 0 Å². The first-order valence-corrected chi connectivity index (χ1v) is 7.84. The number of aromatic nitrogens is 3. The third-order valence-corrected chi connectivity index (χ3v) is 4.30. The van der Waals surface area contributed by atoms with Gasteiger partial charge in [0.05, 0.1) is 11.4 Å². The molecule has 2 aromatic rings. The summed E-state index contributed by atoms with van der Waals surface area (Å²) < 4.78 is 0. The summed E-state index contributed by atoms with van der Waals surface area (Å²) in [4.78, 5) is 13.5. The molecule has 0 aromatic carbocycles. The molecule has 1 fully saturated rings. The Morgan fingerprint density at radius 2 is 2.20 bits per heavy atom. The van der Waals surface area contributed by atoms with E-state index in [1.165, 1.54) is 12.8 Å². The Kier molecular flexibility index (Phi) is 3.93. The molecule has 3 heterocycles. The lowest BCUT2D eigenvalue weighted by Crippen LogP contribution is -2.29. The van der Waals surface area contributed by atoms with E-state index in [0.29, 0.717) is 5.92 Å². The number of thiazole rings is 1. The highest BCUT2D eigenvalue weighted by Crippen LogP contribution is 2.25. The molecule has 106 valence electrons. The van der Waals surface area contributed by atoms with E-state index in [1.807, 2.05) is 19.2 Å². The van der Waals surface area contributed by atoms with Gasteiger partial charge in [-0.05, 0) is 33.2 Å². The number of piperidine rings is 1. The zero-order valence-electron chi connectivity index (χ0n) is 11.8. The van der Waals surface area contributed by atoms with Crippen LogP contribution in [0.15, 0.2) is 11.4 Å². The van der Waals surface area contributed by atoms with E-state index >= 15 is 0 Å². The molecule has 0 bridgehead atoms. The quantitative estimate of drug-likeness (QED) is 0.909. The molecule has 0 aliphatic carbocycles. The van der Waals surface area contributed by atoms with Gasteiger partial charge in [-0.1, -0.05) is 0 Å². The number of nitrogens with zero attached hydrogens (tertiary/aromatic N) is 3. The van der Waals surface area contributed by atoms with Crippen molar-refractivity contribution in [2.24, 2.45) is 0 Å². The molecular formula is C14H19N5S. The molecule has 3 rings (SSSR count). The van der Waals surface area contributed by atoms with Crippen LogP contribution in [0.1, 0.15) is 36.0 Å². The molecular weight excluding hydrogens is 270 g/mol. The van der Waals surface area contributed by atoms with E-state index in [1.54, 1.807) is 11.3 Å². The van der Waals surface area contributed by atoms with Gasteiger partial charge in [0.1, 0.15) is 11.6 Å². The fourth-order valence-electron chi connectivity index (χ4n) is 2.49. The highest BCUT2D eigenvalue weighted by molar-refractivity contribution is 7.13. The normalized spacial score (nSPS) is 19.0. The highest BCUT2D eigenvalue weighted by Gasteiger charge is 2.18. The van der Waals surface area contributed by atoms with Crippen molar-refractivity contribution in [3.8, 4) is 0 Å². The molecule has 5 nitrogen and oxygen atoms in total. The Labute approximate surface area is 122 Å². The van der Waals surface area contributed by atoms with Crippen LogP contribution in [-0.2, 0) is 0 Å². The average Bonchev–Trinajstić information content (AvgIpc) is 2.84. The van der Waals surface area contributed by atoms with Gasteiger partial charge in [-0.15, -0.1) is 11.3 Å². The van der Waals surface area contributed by atoms with Crippen LogP contribution in [0.5, 0.6) is 0 Å². The van der Waals surface area contributed by atoms with Crippen LogP contribution in [0, 0.1) is 13.8 Å². The molecule has 1 atom stereocenters. The van der Waals surface area contributed by atoms with E-state index < -0.39 is 0 Å². The van der Waals surface area contributed by atoms with Crippen LogP contribution >= 0.6 is 11.3 Å². The lowest BCUT2D eigenvalue weighted by atomic mass is 9.96. The number of aryl methyl sites for hydroxylation is 2. The maximum atomic E-state index is 4.60. The molecule has 0 radical (unpaired) electrons. The van der Waals surface area contributed by atoms with E-state index in [4.69, 9.17) is 0 Å². The molecule has 0 amide bonds. The van der Waals surface area contributed by atoms with Crippen LogP contribution < -0.4 is 10.6 Å². The molecule has 1 aliphatic rings. The SMILES string of the molecule is Cc1csc(Nc2cc([C@@H]3CCCNC3)nc(C)n2)n1. The van der Waals surface area contributed by atoms with Crippen molar-refractivity contribution >= 4 is 22.3 Å². The number of nitrogens with one attached hydrogen (secondary N) is 2. The van der Waals surface area contributed by atoms with E-state index in [9.17, 15) is 0 Å². The Balaban J connectivity index is 1.82. The van der Waals surface area contributed by atoms with Crippen molar-refractivity contribution in [1.29, 1.82) is 0 Å². The monoisotopic (exact) mass is 289 g/mol. The van der Waals surface area contributed by atoms with Crippen LogP contribution in [0.2, 0.25) is 0 Å². The lowest BCUT2D eigenvalue weighted by Gasteiger charge is -2.22. The van der Waals surface area contributed by atoms with E-state index in [0.717, 1.165) is 41.3 Å². The number of hydrogen-bond donors (Lipinski definition) is 2. The molecule has 2 aromatic heterocycles. The fourth-order valence-corrected chi connectivity index (χ4v) is 3.18. The minimum absolute atomic E-state index is 0.490. The zero-order valence-corrected chi connectivity index (χ0v) is 12.6. The zero-order chi connectivity index (χ0) is 13.9. The third kappa shape index (κ3) is 3.13. The van der Waals surface area contributed by atoms with Gasteiger partial charge in [0, 0.05) is 23.9 Å². The summed E-state index contributed by atoms with van der Waals surface area (Å²) in [6.45, 7) is 6.06. The van der Waals surface area contributed by atoms with Gasteiger partial charge in [0.25, 0.3) is 0 Å². The van der Waals surface area contributed by atoms with Gasteiger partial charge >= 0.3 is 0 Å². The molecule has 0 saturated carbocycles. The van der Waals surface area contributed by atoms with Gasteiger partial charge < -0.3 is 10.6 Å². The van der Waals surface area contributed by atoms with Crippen molar-refractivity contribution in [1.82, 2.24) is 20.3 Å². The van der Waals surface area contributed by atoms with Crippen LogP contribution in [0.3, 0.4) is 0 Å². The Morgan fingerprint density at radius 3 is 2.90 bits per heavy atom. The Bertz CT molecular complexity index is 589. The highest BCUT2D eigenvalue weighted by atomic mass is 32.1. The van der Waals surface area contributed by atoms with Gasteiger partial charge in [-0.25, -0.2) is 15.0 Å². The van der Waals surface area contributed by atoms with Crippen LogP contribution in [0.4, 0.5) is 10.9 Å². The van der Waals surface area contributed by atoms with E-state index in [2.05, 4.69) is 31.7 Å². The maximum Gasteiger partial charge on any atom is 0.188 e. The second-order valence-corrected chi connectivity index (χ2v) is 6.05. The van der Waals surface area contributed by atoms with Gasteiger partial charge in [0.15, 0.2) is 5.13 Å². The number of hydrogen-bond acceptors (Lipinski definition) is 6. The maximum absolute atomic E-state index is 4.60.